The van der Waals surface area contributed by atoms with Crippen molar-refractivity contribution in [2.24, 2.45) is 0 Å². The van der Waals surface area contributed by atoms with Crippen molar-refractivity contribution in [1.82, 2.24) is 10.3 Å². The number of oxazole rings is 1. The molecule has 4 nitrogen and oxygen atoms in total. The number of carbonyl (C=O) groups excluding carboxylic acids is 1. The molecule has 17 heavy (non-hydrogen) atoms. The minimum Gasteiger partial charge on any atom is -0.451 e. The second-order valence-corrected chi connectivity index (χ2v) is 3.86. The van der Waals surface area contributed by atoms with Crippen LogP contribution in [0.3, 0.4) is 0 Å². The summed E-state index contributed by atoms with van der Waals surface area (Å²) in [6.07, 6.45) is 3.64. The number of rotatable bonds is 4. The van der Waals surface area contributed by atoms with Crippen LogP contribution in [0.5, 0.6) is 0 Å². The molecule has 4 heteroatoms. The molecule has 0 aliphatic rings. The van der Waals surface area contributed by atoms with Gasteiger partial charge in [0.1, 0.15) is 6.26 Å². The summed E-state index contributed by atoms with van der Waals surface area (Å²) >= 11 is 0. The van der Waals surface area contributed by atoms with Crippen LogP contribution in [0.4, 0.5) is 0 Å². The lowest BCUT2D eigenvalue weighted by Gasteiger charge is -2.04. The van der Waals surface area contributed by atoms with Crippen LogP contribution < -0.4 is 5.32 Å². The Morgan fingerprint density at radius 1 is 1.47 bits per heavy atom. The third kappa shape index (κ3) is 3.17. The lowest BCUT2D eigenvalue weighted by molar-refractivity contribution is 0.0954. The first-order valence-corrected chi connectivity index (χ1v) is 5.47. The van der Waals surface area contributed by atoms with Crippen LogP contribution in [0.15, 0.2) is 41.3 Å². The van der Waals surface area contributed by atoms with Gasteiger partial charge < -0.3 is 9.73 Å². The zero-order chi connectivity index (χ0) is 12.1. The Morgan fingerprint density at radius 2 is 2.35 bits per heavy atom. The molecular formula is C13H14N2O2. The van der Waals surface area contributed by atoms with Crippen molar-refractivity contribution < 1.29 is 9.21 Å². The van der Waals surface area contributed by atoms with E-state index in [2.05, 4.69) is 10.3 Å². The molecule has 1 N–H and O–H groups in total. The largest absolute Gasteiger partial charge is 0.451 e. The van der Waals surface area contributed by atoms with Crippen molar-refractivity contribution in [3.05, 3.63) is 53.7 Å². The van der Waals surface area contributed by atoms with E-state index >= 15 is 0 Å². The van der Waals surface area contributed by atoms with Crippen LogP contribution in [0.25, 0.3) is 0 Å². The Bertz CT molecular complexity index is 492. The molecule has 2 rings (SSSR count). The fourth-order valence-electron chi connectivity index (χ4n) is 1.55. The van der Waals surface area contributed by atoms with Gasteiger partial charge in [-0.15, -0.1) is 0 Å². The zero-order valence-electron chi connectivity index (χ0n) is 9.64. The van der Waals surface area contributed by atoms with Crippen LogP contribution in [0.1, 0.15) is 21.6 Å². The average molecular weight is 230 g/mol. The van der Waals surface area contributed by atoms with E-state index in [1.807, 2.05) is 25.1 Å². The first kappa shape index (κ1) is 11.4. The molecule has 0 aliphatic carbocycles. The van der Waals surface area contributed by atoms with E-state index in [4.69, 9.17) is 4.42 Å². The molecule has 0 unspecified atom stereocenters. The standard InChI is InChI=1S/C13H14N2O2/c1-10-3-2-4-11(7-10)13(16)14-6-5-12-8-17-9-15-12/h2-4,7-9H,5-6H2,1H3,(H,14,16). The van der Waals surface area contributed by atoms with E-state index in [-0.39, 0.29) is 5.91 Å². The van der Waals surface area contributed by atoms with Crippen LogP contribution in [0, 0.1) is 6.92 Å². The van der Waals surface area contributed by atoms with Crippen LogP contribution in [-0.2, 0) is 6.42 Å². The highest BCUT2D eigenvalue weighted by molar-refractivity contribution is 5.94. The fourth-order valence-corrected chi connectivity index (χ4v) is 1.55. The quantitative estimate of drug-likeness (QED) is 0.873. The molecule has 1 amide bonds. The number of benzene rings is 1. The lowest BCUT2D eigenvalue weighted by Crippen LogP contribution is -2.25. The molecule has 88 valence electrons. The van der Waals surface area contributed by atoms with Crippen LogP contribution in [0.2, 0.25) is 0 Å². The van der Waals surface area contributed by atoms with Gasteiger partial charge in [-0.1, -0.05) is 17.7 Å². The molecule has 0 saturated carbocycles. The molecule has 2 aromatic rings. The second-order valence-electron chi connectivity index (χ2n) is 3.86. The maximum Gasteiger partial charge on any atom is 0.251 e. The van der Waals surface area contributed by atoms with Gasteiger partial charge in [0, 0.05) is 18.5 Å². The molecule has 0 radical (unpaired) electrons. The van der Waals surface area contributed by atoms with Crippen LogP contribution >= 0.6 is 0 Å². The summed E-state index contributed by atoms with van der Waals surface area (Å²) in [5, 5.41) is 2.84. The van der Waals surface area contributed by atoms with E-state index in [0.29, 0.717) is 18.5 Å². The summed E-state index contributed by atoms with van der Waals surface area (Å²) in [6, 6.07) is 7.51. The number of aryl methyl sites for hydroxylation is 1. The van der Waals surface area contributed by atoms with Crippen molar-refractivity contribution >= 4 is 5.91 Å². The van der Waals surface area contributed by atoms with E-state index in [9.17, 15) is 4.79 Å². The number of hydrogen-bond donors (Lipinski definition) is 1. The monoisotopic (exact) mass is 230 g/mol. The van der Waals surface area contributed by atoms with Gasteiger partial charge in [0.2, 0.25) is 0 Å². The Balaban J connectivity index is 1.85. The SMILES string of the molecule is Cc1cccc(C(=O)NCCc2cocn2)c1. The molecule has 0 atom stereocenters. The zero-order valence-corrected chi connectivity index (χ0v) is 9.64. The molecule has 0 saturated heterocycles. The van der Waals surface area contributed by atoms with Gasteiger partial charge in [-0.25, -0.2) is 4.98 Å². The summed E-state index contributed by atoms with van der Waals surface area (Å²) < 4.78 is 4.85. The highest BCUT2D eigenvalue weighted by Crippen LogP contribution is 2.03. The van der Waals surface area contributed by atoms with Crippen LogP contribution in [-0.4, -0.2) is 17.4 Å². The smallest absolute Gasteiger partial charge is 0.251 e. The van der Waals surface area contributed by atoms with Gasteiger partial charge in [-0.05, 0) is 19.1 Å². The Morgan fingerprint density at radius 3 is 3.06 bits per heavy atom. The number of amides is 1. The van der Waals surface area contributed by atoms with Gasteiger partial charge in [-0.2, -0.15) is 0 Å². The third-order valence-electron chi connectivity index (χ3n) is 2.43. The topological polar surface area (TPSA) is 55.1 Å². The fraction of sp³-hybridized carbons (Fsp3) is 0.231. The van der Waals surface area contributed by atoms with Crippen molar-refractivity contribution in [2.45, 2.75) is 13.3 Å². The maximum atomic E-state index is 11.8. The number of aromatic nitrogens is 1. The summed E-state index contributed by atoms with van der Waals surface area (Å²) in [5.74, 6) is -0.0582. The minimum atomic E-state index is -0.0582. The normalized spacial score (nSPS) is 10.2. The van der Waals surface area contributed by atoms with Gasteiger partial charge >= 0.3 is 0 Å². The van der Waals surface area contributed by atoms with Gasteiger partial charge in [0.25, 0.3) is 5.91 Å². The van der Waals surface area contributed by atoms with Crippen molar-refractivity contribution in [3.63, 3.8) is 0 Å². The highest BCUT2D eigenvalue weighted by Gasteiger charge is 2.04. The summed E-state index contributed by atoms with van der Waals surface area (Å²) in [5.41, 5.74) is 2.61. The molecule has 0 fully saturated rings. The first-order chi connectivity index (χ1) is 8.25. The molecule has 1 aromatic carbocycles. The van der Waals surface area contributed by atoms with Gasteiger partial charge in [-0.3, -0.25) is 4.79 Å². The Kier molecular flexibility index (Phi) is 3.55. The number of carbonyl (C=O) groups is 1. The predicted molar refractivity (Wildman–Crippen MR) is 63.7 cm³/mol. The first-order valence-electron chi connectivity index (χ1n) is 5.47. The maximum absolute atomic E-state index is 11.8. The number of nitrogens with zero attached hydrogens (tertiary/aromatic N) is 1. The molecular weight excluding hydrogens is 216 g/mol. The highest BCUT2D eigenvalue weighted by atomic mass is 16.3. The molecule has 1 heterocycles. The predicted octanol–water partition coefficient (Wildman–Crippen LogP) is 1.96. The molecule has 0 bridgehead atoms. The summed E-state index contributed by atoms with van der Waals surface area (Å²) in [7, 11) is 0. The molecule has 1 aromatic heterocycles. The molecule has 0 aliphatic heterocycles. The minimum absolute atomic E-state index is 0.0582. The summed E-state index contributed by atoms with van der Waals surface area (Å²) in [4.78, 5) is 15.8. The van der Waals surface area contributed by atoms with Gasteiger partial charge in [0.05, 0.1) is 5.69 Å². The van der Waals surface area contributed by atoms with E-state index < -0.39 is 0 Å². The Labute approximate surface area is 99.7 Å². The van der Waals surface area contributed by atoms with Crippen molar-refractivity contribution in [1.29, 1.82) is 0 Å². The molecule has 0 spiro atoms. The van der Waals surface area contributed by atoms with E-state index in [1.54, 1.807) is 12.3 Å². The second kappa shape index (κ2) is 5.30. The lowest BCUT2D eigenvalue weighted by atomic mass is 10.1. The third-order valence-corrected chi connectivity index (χ3v) is 2.43. The number of hydrogen-bond acceptors (Lipinski definition) is 3. The van der Waals surface area contributed by atoms with Crippen molar-refractivity contribution in [2.75, 3.05) is 6.54 Å². The number of nitrogens with one attached hydrogen (secondary N) is 1. The summed E-state index contributed by atoms with van der Waals surface area (Å²) in [6.45, 7) is 2.52. The average Bonchev–Trinajstić information content (AvgIpc) is 2.82. The van der Waals surface area contributed by atoms with Crippen molar-refractivity contribution in [3.8, 4) is 0 Å². The van der Waals surface area contributed by atoms with Gasteiger partial charge in [0.15, 0.2) is 6.39 Å². The Hall–Kier alpha value is -2.10. The van der Waals surface area contributed by atoms with E-state index in [1.165, 1.54) is 6.39 Å². The van der Waals surface area contributed by atoms with E-state index in [0.717, 1.165) is 11.3 Å².